The maximum absolute atomic E-state index is 12.4. The molecule has 0 bridgehead atoms. The molecule has 0 saturated carbocycles. The van der Waals surface area contributed by atoms with Gasteiger partial charge >= 0.3 is 0 Å². The summed E-state index contributed by atoms with van der Waals surface area (Å²) in [6.45, 7) is 1.96. The first-order valence-corrected chi connectivity index (χ1v) is 9.29. The van der Waals surface area contributed by atoms with Gasteiger partial charge in [-0.05, 0) is 19.1 Å². The fourth-order valence-electron chi connectivity index (χ4n) is 1.82. The number of thiazole rings is 2. The standard InChI is InChI=1S/C15H13N3OS3/c1-10-6-16-15(22-10)18-14(19)12-4-2-3-5-13(12)21-8-11-7-20-9-17-11/h2-7,9H,8H2,1H3,(H,16,18,19). The zero-order valence-corrected chi connectivity index (χ0v) is 14.2. The molecule has 4 nitrogen and oxygen atoms in total. The number of hydrogen-bond donors (Lipinski definition) is 1. The second-order valence-electron chi connectivity index (χ2n) is 4.49. The van der Waals surface area contributed by atoms with Crippen LogP contribution in [0.15, 0.2) is 46.2 Å². The van der Waals surface area contributed by atoms with Crippen LogP contribution in [0.4, 0.5) is 5.13 Å². The zero-order valence-electron chi connectivity index (χ0n) is 11.8. The Bertz CT molecular complexity index is 768. The van der Waals surface area contributed by atoms with Gasteiger partial charge in [0.05, 0.1) is 16.8 Å². The molecular formula is C15H13N3OS3. The molecule has 3 rings (SSSR count). The molecule has 2 heterocycles. The van der Waals surface area contributed by atoms with E-state index in [9.17, 15) is 4.79 Å². The molecule has 0 radical (unpaired) electrons. The van der Waals surface area contributed by atoms with Crippen LogP contribution < -0.4 is 5.32 Å². The van der Waals surface area contributed by atoms with E-state index in [4.69, 9.17) is 0 Å². The minimum Gasteiger partial charge on any atom is -0.298 e. The van der Waals surface area contributed by atoms with E-state index >= 15 is 0 Å². The Morgan fingerprint density at radius 2 is 2.18 bits per heavy atom. The minimum atomic E-state index is -0.129. The average molecular weight is 347 g/mol. The summed E-state index contributed by atoms with van der Waals surface area (Å²) >= 11 is 4.66. The van der Waals surface area contributed by atoms with Crippen LogP contribution in [0.2, 0.25) is 0 Å². The van der Waals surface area contributed by atoms with Crippen LogP contribution in [0.25, 0.3) is 0 Å². The SMILES string of the molecule is Cc1cnc(NC(=O)c2ccccc2SCc2cscn2)s1. The molecule has 1 N–H and O–H groups in total. The molecule has 3 aromatic rings. The van der Waals surface area contributed by atoms with E-state index < -0.39 is 0 Å². The number of aryl methyl sites for hydroxylation is 1. The van der Waals surface area contributed by atoms with E-state index in [2.05, 4.69) is 15.3 Å². The number of carbonyl (C=O) groups is 1. The van der Waals surface area contributed by atoms with Crippen molar-refractivity contribution < 1.29 is 4.79 Å². The van der Waals surface area contributed by atoms with Crippen molar-refractivity contribution in [3.63, 3.8) is 0 Å². The van der Waals surface area contributed by atoms with Crippen LogP contribution in [0, 0.1) is 6.92 Å². The van der Waals surface area contributed by atoms with E-state index in [1.165, 1.54) is 11.3 Å². The summed E-state index contributed by atoms with van der Waals surface area (Å²) in [4.78, 5) is 22.9. The fraction of sp³-hybridized carbons (Fsp3) is 0.133. The lowest BCUT2D eigenvalue weighted by atomic mass is 10.2. The third kappa shape index (κ3) is 3.73. The molecule has 0 spiro atoms. The maximum Gasteiger partial charge on any atom is 0.258 e. The lowest BCUT2D eigenvalue weighted by Crippen LogP contribution is -2.12. The molecule has 0 aliphatic carbocycles. The monoisotopic (exact) mass is 347 g/mol. The van der Waals surface area contributed by atoms with Crippen molar-refractivity contribution in [2.45, 2.75) is 17.6 Å². The number of thioether (sulfide) groups is 1. The van der Waals surface area contributed by atoms with Crippen LogP contribution in [-0.4, -0.2) is 15.9 Å². The van der Waals surface area contributed by atoms with Gasteiger partial charge in [0.1, 0.15) is 0 Å². The molecular weight excluding hydrogens is 334 g/mol. The average Bonchev–Trinajstić information content (AvgIpc) is 3.17. The minimum absolute atomic E-state index is 0.129. The Labute approximate surface area is 140 Å². The summed E-state index contributed by atoms with van der Waals surface area (Å²) in [5.74, 6) is 0.625. The number of rotatable bonds is 5. The number of benzene rings is 1. The third-order valence-electron chi connectivity index (χ3n) is 2.83. The van der Waals surface area contributed by atoms with E-state index in [-0.39, 0.29) is 5.91 Å². The van der Waals surface area contributed by atoms with E-state index in [1.54, 1.807) is 29.3 Å². The first kappa shape index (κ1) is 15.2. The number of amides is 1. The molecule has 0 atom stereocenters. The quantitative estimate of drug-likeness (QED) is 0.693. The molecule has 0 aliphatic rings. The smallest absolute Gasteiger partial charge is 0.258 e. The highest BCUT2D eigenvalue weighted by molar-refractivity contribution is 7.98. The largest absolute Gasteiger partial charge is 0.298 e. The Balaban J connectivity index is 1.73. The summed E-state index contributed by atoms with van der Waals surface area (Å²) in [5, 5.41) is 5.50. The zero-order chi connectivity index (χ0) is 15.4. The van der Waals surface area contributed by atoms with Crippen LogP contribution in [0.1, 0.15) is 20.9 Å². The van der Waals surface area contributed by atoms with Crippen molar-refractivity contribution >= 4 is 45.5 Å². The van der Waals surface area contributed by atoms with Gasteiger partial charge in [-0.2, -0.15) is 0 Å². The van der Waals surface area contributed by atoms with Crippen molar-refractivity contribution in [2.24, 2.45) is 0 Å². The van der Waals surface area contributed by atoms with Crippen molar-refractivity contribution in [2.75, 3.05) is 5.32 Å². The summed E-state index contributed by atoms with van der Waals surface area (Å²) < 4.78 is 0. The normalized spacial score (nSPS) is 10.6. The van der Waals surface area contributed by atoms with Gasteiger partial charge in [0.2, 0.25) is 0 Å². The van der Waals surface area contributed by atoms with Crippen molar-refractivity contribution in [3.05, 3.63) is 57.5 Å². The molecule has 22 heavy (non-hydrogen) atoms. The van der Waals surface area contributed by atoms with Gasteiger partial charge in [-0.15, -0.1) is 34.4 Å². The summed E-state index contributed by atoms with van der Waals surface area (Å²) in [6.07, 6.45) is 1.75. The number of nitrogens with one attached hydrogen (secondary N) is 1. The van der Waals surface area contributed by atoms with Crippen molar-refractivity contribution in [1.29, 1.82) is 0 Å². The fourth-order valence-corrected chi connectivity index (χ4v) is 4.09. The molecule has 1 amide bonds. The number of aromatic nitrogens is 2. The van der Waals surface area contributed by atoms with E-state index in [1.807, 2.05) is 42.1 Å². The molecule has 7 heteroatoms. The summed E-state index contributed by atoms with van der Waals surface area (Å²) in [7, 11) is 0. The Morgan fingerprint density at radius 1 is 1.32 bits per heavy atom. The van der Waals surface area contributed by atoms with Gasteiger partial charge in [0.25, 0.3) is 5.91 Å². The van der Waals surface area contributed by atoms with E-state index in [0.29, 0.717) is 10.7 Å². The first-order valence-electron chi connectivity index (χ1n) is 6.55. The lowest BCUT2D eigenvalue weighted by Gasteiger charge is -2.07. The highest BCUT2D eigenvalue weighted by Gasteiger charge is 2.13. The molecule has 1 aromatic carbocycles. The van der Waals surface area contributed by atoms with Crippen LogP contribution >= 0.6 is 34.4 Å². The maximum atomic E-state index is 12.4. The predicted molar refractivity (Wildman–Crippen MR) is 92.9 cm³/mol. The van der Waals surface area contributed by atoms with Gasteiger partial charge in [-0.3, -0.25) is 10.1 Å². The molecule has 0 saturated heterocycles. The third-order valence-corrected chi connectivity index (χ3v) is 5.40. The second-order valence-corrected chi connectivity index (χ2v) is 7.47. The van der Waals surface area contributed by atoms with Gasteiger partial charge < -0.3 is 0 Å². The van der Waals surface area contributed by atoms with Crippen LogP contribution in [0.5, 0.6) is 0 Å². The topological polar surface area (TPSA) is 54.9 Å². The highest BCUT2D eigenvalue weighted by atomic mass is 32.2. The van der Waals surface area contributed by atoms with Crippen LogP contribution in [-0.2, 0) is 5.75 Å². The number of anilines is 1. The van der Waals surface area contributed by atoms with Crippen LogP contribution in [0.3, 0.4) is 0 Å². The van der Waals surface area contributed by atoms with Crippen molar-refractivity contribution in [1.82, 2.24) is 9.97 Å². The molecule has 2 aromatic heterocycles. The van der Waals surface area contributed by atoms with Gasteiger partial charge in [0, 0.05) is 27.1 Å². The Hall–Kier alpha value is -1.70. The number of nitrogens with zero attached hydrogens (tertiary/aromatic N) is 2. The lowest BCUT2D eigenvalue weighted by molar-refractivity contribution is 0.102. The molecule has 0 fully saturated rings. The number of carbonyl (C=O) groups excluding carboxylic acids is 1. The van der Waals surface area contributed by atoms with Gasteiger partial charge in [0.15, 0.2) is 5.13 Å². The molecule has 0 aliphatic heterocycles. The highest BCUT2D eigenvalue weighted by Crippen LogP contribution is 2.27. The molecule has 0 unspecified atom stereocenters. The summed E-state index contributed by atoms with van der Waals surface area (Å²) in [6, 6.07) is 7.60. The second kappa shape index (κ2) is 7.04. The Kier molecular flexibility index (Phi) is 4.87. The predicted octanol–water partition coefficient (Wildman–Crippen LogP) is 4.45. The van der Waals surface area contributed by atoms with Crippen molar-refractivity contribution in [3.8, 4) is 0 Å². The van der Waals surface area contributed by atoms with E-state index in [0.717, 1.165) is 21.2 Å². The first-order chi connectivity index (χ1) is 10.7. The van der Waals surface area contributed by atoms with Gasteiger partial charge in [-0.1, -0.05) is 12.1 Å². The molecule has 112 valence electrons. The summed E-state index contributed by atoms with van der Waals surface area (Å²) in [5.41, 5.74) is 3.51. The number of hydrogen-bond acceptors (Lipinski definition) is 6. The van der Waals surface area contributed by atoms with Gasteiger partial charge in [-0.25, -0.2) is 9.97 Å². The Morgan fingerprint density at radius 3 is 2.91 bits per heavy atom.